The van der Waals surface area contributed by atoms with Crippen LogP contribution in [0.3, 0.4) is 0 Å². The first kappa shape index (κ1) is 24.8. The molecule has 0 saturated carbocycles. The van der Waals surface area contributed by atoms with E-state index in [0.29, 0.717) is 17.8 Å². The average Bonchev–Trinajstić information content (AvgIpc) is 3.24. The summed E-state index contributed by atoms with van der Waals surface area (Å²) in [5.41, 5.74) is 0.266. The molecule has 184 valence electrons. The lowest BCUT2D eigenvalue weighted by molar-refractivity contribution is 0.0366. The molecule has 1 saturated heterocycles. The standard InChI is InChI=1S/C22H36N6O5/c1-8-25-11-15(5)26(12-14(25)4)20(30)27-13-16-17(22(27,6)7)28(21(31)33-10-3)24-18(16)23-19(29)32-9-2/h14-15H,8-13H2,1-7H3,(H,23,24,29)/t14-,15+/m1/s1. The van der Waals surface area contributed by atoms with Gasteiger partial charge in [-0.15, -0.1) is 5.10 Å². The van der Waals surface area contributed by atoms with E-state index in [2.05, 4.69) is 36.1 Å². The zero-order valence-electron chi connectivity index (χ0n) is 20.7. The molecule has 1 aromatic rings. The van der Waals surface area contributed by atoms with Crippen LogP contribution in [0.1, 0.15) is 59.7 Å². The number of rotatable bonds is 4. The third-order valence-electron chi connectivity index (χ3n) is 6.49. The minimum atomic E-state index is -0.856. The van der Waals surface area contributed by atoms with Crippen molar-refractivity contribution in [1.29, 1.82) is 0 Å². The summed E-state index contributed by atoms with van der Waals surface area (Å²) in [6, 6.07) is 0.190. The van der Waals surface area contributed by atoms with Crippen LogP contribution < -0.4 is 5.32 Å². The number of anilines is 1. The van der Waals surface area contributed by atoms with E-state index >= 15 is 0 Å². The fourth-order valence-electron chi connectivity index (χ4n) is 4.76. The van der Waals surface area contributed by atoms with Gasteiger partial charge in [-0.25, -0.2) is 14.4 Å². The third-order valence-corrected chi connectivity index (χ3v) is 6.49. The minimum absolute atomic E-state index is 0.0480. The number of amides is 3. The number of ether oxygens (including phenoxy) is 2. The van der Waals surface area contributed by atoms with Crippen molar-refractivity contribution in [3.05, 3.63) is 11.3 Å². The van der Waals surface area contributed by atoms with Crippen LogP contribution in [0, 0.1) is 0 Å². The Morgan fingerprint density at radius 2 is 1.73 bits per heavy atom. The van der Waals surface area contributed by atoms with Crippen LogP contribution in [0.25, 0.3) is 0 Å². The molecule has 2 aliphatic rings. The highest BCUT2D eigenvalue weighted by molar-refractivity contribution is 5.87. The number of urea groups is 1. The quantitative estimate of drug-likeness (QED) is 0.729. The Morgan fingerprint density at radius 1 is 1.06 bits per heavy atom. The lowest BCUT2D eigenvalue weighted by Gasteiger charge is -2.46. The molecule has 2 atom stereocenters. The van der Waals surface area contributed by atoms with Crippen LogP contribution in [0.2, 0.25) is 0 Å². The molecule has 1 fully saturated rings. The molecule has 0 unspecified atom stereocenters. The monoisotopic (exact) mass is 464 g/mol. The van der Waals surface area contributed by atoms with Gasteiger partial charge in [0.05, 0.1) is 31.0 Å². The minimum Gasteiger partial charge on any atom is -0.450 e. The molecule has 33 heavy (non-hydrogen) atoms. The van der Waals surface area contributed by atoms with Crippen LogP contribution in [-0.2, 0) is 21.6 Å². The average molecular weight is 465 g/mol. The van der Waals surface area contributed by atoms with E-state index < -0.39 is 17.7 Å². The van der Waals surface area contributed by atoms with Crippen molar-refractivity contribution < 1.29 is 23.9 Å². The van der Waals surface area contributed by atoms with Crippen molar-refractivity contribution in [2.45, 2.75) is 72.6 Å². The summed E-state index contributed by atoms with van der Waals surface area (Å²) in [5.74, 6) is 0.192. The number of carbonyl (C=O) groups is 3. The zero-order valence-corrected chi connectivity index (χ0v) is 20.7. The number of aromatic nitrogens is 2. The Balaban J connectivity index is 1.95. The molecule has 3 rings (SSSR count). The second-order valence-corrected chi connectivity index (χ2v) is 9.00. The molecule has 0 aromatic carbocycles. The summed E-state index contributed by atoms with van der Waals surface area (Å²) in [4.78, 5) is 44.5. The fraction of sp³-hybridized carbons (Fsp3) is 0.727. The van der Waals surface area contributed by atoms with Crippen LogP contribution in [0.5, 0.6) is 0 Å². The summed E-state index contributed by atoms with van der Waals surface area (Å²) in [7, 11) is 0. The van der Waals surface area contributed by atoms with Crippen LogP contribution in [-0.4, -0.2) is 87.6 Å². The second kappa shape index (κ2) is 9.58. The molecule has 3 heterocycles. The number of carbonyl (C=O) groups excluding carboxylic acids is 3. The Kier molecular flexibility index (Phi) is 7.20. The summed E-state index contributed by atoms with van der Waals surface area (Å²) in [6.07, 6.45) is -1.33. The maximum atomic E-state index is 13.8. The highest BCUT2D eigenvalue weighted by Gasteiger charge is 2.49. The molecule has 0 bridgehead atoms. The smallest absolute Gasteiger partial charge is 0.435 e. The van der Waals surface area contributed by atoms with E-state index in [4.69, 9.17) is 9.47 Å². The van der Waals surface area contributed by atoms with Crippen molar-refractivity contribution in [2.24, 2.45) is 0 Å². The molecule has 3 amide bonds. The Morgan fingerprint density at radius 3 is 2.33 bits per heavy atom. The molecule has 1 N–H and O–H groups in total. The van der Waals surface area contributed by atoms with E-state index in [1.54, 1.807) is 18.7 Å². The number of piperazine rings is 1. The number of nitrogens with one attached hydrogen (secondary N) is 1. The Labute approximate surface area is 195 Å². The number of likely N-dealkylation sites (N-methyl/N-ethyl adjacent to an activating group) is 1. The first-order valence-electron chi connectivity index (χ1n) is 11.6. The maximum Gasteiger partial charge on any atom is 0.435 e. The molecule has 0 spiro atoms. The van der Waals surface area contributed by atoms with Crippen LogP contribution >= 0.6 is 0 Å². The summed E-state index contributed by atoms with van der Waals surface area (Å²) in [5, 5.41) is 6.90. The highest BCUT2D eigenvalue weighted by atomic mass is 16.6. The van der Waals surface area contributed by atoms with E-state index in [0.717, 1.165) is 17.8 Å². The van der Waals surface area contributed by atoms with Gasteiger partial charge in [-0.05, 0) is 48.1 Å². The third kappa shape index (κ3) is 4.50. The molecule has 1 aromatic heterocycles. The van der Waals surface area contributed by atoms with Gasteiger partial charge in [0.15, 0.2) is 5.82 Å². The highest BCUT2D eigenvalue weighted by Crippen LogP contribution is 2.43. The number of nitrogens with zero attached hydrogens (tertiary/aromatic N) is 5. The van der Waals surface area contributed by atoms with E-state index in [1.165, 1.54) is 0 Å². The number of hydrogen-bond acceptors (Lipinski definition) is 7. The van der Waals surface area contributed by atoms with E-state index in [9.17, 15) is 14.4 Å². The molecule has 0 aliphatic carbocycles. The Hall–Kier alpha value is -2.82. The first-order valence-corrected chi connectivity index (χ1v) is 11.6. The molecule has 11 heteroatoms. The van der Waals surface area contributed by atoms with Crippen molar-refractivity contribution in [3.63, 3.8) is 0 Å². The molecular formula is C22H36N6O5. The van der Waals surface area contributed by atoms with Gasteiger partial charge in [0.2, 0.25) is 0 Å². The summed E-state index contributed by atoms with van der Waals surface area (Å²) < 4.78 is 11.3. The first-order chi connectivity index (χ1) is 15.6. The molecule has 11 nitrogen and oxygen atoms in total. The van der Waals surface area contributed by atoms with Crippen LogP contribution in [0.15, 0.2) is 0 Å². The fourth-order valence-corrected chi connectivity index (χ4v) is 4.76. The van der Waals surface area contributed by atoms with Gasteiger partial charge in [-0.3, -0.25) is 10.2 Å². The van der Waals surface area contributed by atoms with Gasteiger partial charge in [0.25, 0.3) is 0 Å². The second-order valence-electron chi connectivity index (χ2n) is 9.00. The lowest BCUT2D eigenvalue weighted by atomic mass is 10.00. The lowest BCUT2D eigenvalue weighted by Crippen LogP contribution is -2.61. The van der Waals surface area contributed by atoms with Gasteiger partial charge < -0.3 is 19.3 Å². The Bertz CT molecular complexity index is 913. The van der Waals surface area contributed by atoms with Crippen molar-refractivity contribution in [1.82, 2.24) is 24.5 Å². The van der Waals surface area contributed by atoms with Crippen molar-refractivity contribution in [2.75, 3.05) is 38.2 Å². The van der Waals surface area contributed by atoms with Crippen LogP contribution in [0.4, 0.5) is 20.2 Å². The maximum absolute atomic E-state index is 13.8. The number of fused-ring (bicyclic) bond motifs is 1. The molecule has 0 radical (unpaired) electrons. The molecular weight excluding hydrogens is 428 g/mol. The summed E-state index contributed by atoms with van der Waals surface area (Å²) in [6.45, 7) is 16.4. The van der Waals surface area contributed by atoms with Gasteiger partial charge in [0.1, 0.15) is 0 Å². The van der Waals surface area contributed by atoms with Gasteiger partial charge >= 0.3 is 18.2 Å². The number of hydrogen-bond donors (Lipinski definition) is 1. The predicted molar refractivity (Wildman–Crippen MR) is 122 cm³/mol. The van der Waals surface area contributed by atoms with E-state index in [-0.39, 0.29) is 43.7 Å². The summed E-state index contributed by atoms with van der Waals surface area (Å²) >= 11 is 0. The van der Waals surface area contributed by atoms with Gasteiger partial charge in [-0.1, -0.05) is 6.92 Å². The topological polar surface area (TPSA) is 109 Å². The SMILES string of the molecule is CCOC(=O)Nc1nn(C(=O)OCC)c2c1CN(C(=O)N1C[C@@H](C)N(CC)C[C@@H]1C)C2(C)C. The molecule has 2 aliphatic heterocycles. The normalized spacial score (nSPS) is 22.2. The zero-order chi connectivity index (χ0) is 24.5. The van der Waals surface area contributed by atoms with E-state index in [1.807, 2.05) is 18.7 Å². The largest absolute Gasteiger partial charge is 0.450 e. The van der Waals surface area contributed by atoms with Gasteiger partial charge in [0, 0.05) is 30.7 Å². The van der Waals surface area contributed by atoms with Gasteiger partial charge in [-0.2, -0.15) is 4.68 Å². The van der Waals surface area contributed by atoms with Crippen molar-refractivity contribution in [3.8, 4) is 0 Å². The predicted octanol–water partition coefficient (Wildman–Crippen LogP) is 3.04. The van der Waals surface area contributed by atoms with Crippen molar-refractivity contribution >= 4 is 24.0 Å².